The normalized spacial score (nSPS) is 21.5. The van der Waals surface area contributed by atoms with Crippen LogP contribution in [0.3, 0.4) is 0 Å². The molecule has 1 atom stereocenters. The lowest BCUT2D eigenvalue weighted by Gasteiger charge is -2.37. The number of nitrogens with zero attached hydrogens (tertiary/aromatic N) is 1. The van der Waals surface area contributed by atoms with E-state index in [1.54, 1.807) is 50.3 Å². The van der Waals surface area contributed by atoms with Crippen molar-refractivity contribution in [3.05, 3.63) is 52.0 Å². The molecule has 1 unspecified atom stereocenters. The van der Waals surface area contributed by atoms with Crippen molar-refractivity contribution in [2.24, 2.45) is 0 Å². The maximum absolute atomic E-state index is 12.7. The molecule has 0 bridgehead atoms. The second-order valence-corrected chi connectivity index (χ2v) is 8.84. The number of ether oxygens (including phenoxy) is 2. The zero-order valence-corrected chi connectivity index (χ0v) is 16.1. The lowest BCUT2D eigenvalue weighted by Crippen LogP contribution is -2.43. The highest BCUT2D eigenvalue weighted by atomic mass is 35.5. The molecule has 26 heavy (non-hydrogen) atoms. The van der Waals surface area contributed by atoms with Crippen molar-refractivity contribution in [3.8, 4) is 0 Å². The van der Waals surface area contributed by atoms with Gasteiger partial charge in [0.05, 0.1) is 11.9 Å². The first kappa shape index (κ1) is 18.8. The summed E-state index contributed by atoms with van der Waals surface area (Å²) in [4.78, 5) is 13.5. The van der Waals surface area contributed by atoms with Crippen LogP contribution in [-0.4, -0.2) is 32.7 Å². The molecule has 0 N–H and O–H groups in total. The van der Waals surface area contributed by atoms with E-state index < -0.39 is 22.2 Å². The number of hydrogen-bond acceptors (Lipinski definition) is 6. The van der Waals surface area contributed by atoms with Crippen LogP contribution < -0.4 is 4.90 Å². The first-order chi connectivity index (χ1) is 12.3. The van der Waals surface area contributed by atoms with Crippen molar-refractivity contribution < 1.29 is 22.7 Å². The largest absolute Gasteiger partial charge is 0.510 e. The summed E-state index contributed by atoms with van der Waals surface area (Å²) in [6, 6.07) is 6.71. The fourth-order valence-electron chi connectivity index (χ4n) is 2.99. The van der Waals surface area contributed by atoms with Crippen molar-refractivity contribution in [1.82, 2.24) is 0 Å². The maximum atomic E-state index is 12.7. The van der Waals surface area contributed by atoms with Gasteiger partial charge in [0, 0.05) is 10.7 Å². The lowest BCUT2D eigenvalue weighted by molar-refractivity contribution is 0.0196. The fourth-order valence-corrected chi connectivity index (χ4v) is 4.91. The van der Waals surface area contributed by atoms with Crippen LogP contribution >= 0.6 is 11.6 Å². The summed E-state index contributed by atoms with van der Waals surface area (Å²) in [6.07, 6.45) is 2.48. The second kappa shape index (κ2) is 7.32. The highest BCUT2D eigenvalue weighted by Crippen LogP contribution is 2.37. The van der Waals surface area contributed by atoms with E-state index in [9.17, 15) is 13.2 Å². The van der Waals surface area contributed by atoms with Crippen molar-refractivity contribution in [3.63, 3.8) is 0 Å². The van der Waals surface area contributed by atoms with Crippen LogP contribution in [0.25, 0.3) is 0 Å². The fraction of sp³-hybridized carbons (Fsp3) is 0.389. The Kier molecular flexibility index (Phi) is 5.29. The molecule has 0 amide bonds. The molecule has 6 nitrogen and oxygen atoms in total. The molecule has 0 fully saturated rings. The summed E-state index contributed by atoms with van der Waals surface area (Å²) in [5.41, 5.74) is 1.28. The van der Waals surface area contributed by atoms with E-state index in [0.29, 0.717) is 29.1 Å². The Morgan fingerprint density at radius 1 is 1.27 bits per heavy atom. The van der Waals surface area contributed by atoms with E-state index in [1.807, 2.05) is 0 Å². The third-order valence-corrected chi connectivity index (χ3v) is 6.14. The minimum atomic E-state index is -3.49. The molecule has 0 aliphatic carbocycles. The maximum Gasteiger partial charge on any atom is 0.510 e. The summed E-state index contributed by atoms with van der Waals surface area (Å²) in [6.45, 7) is 3.42. The number of carbonyl (C=O) groups is 1. The third-order valence-electron chi connectivity index (χ3n) is 4.02. The summed E-state index contributed by atoms with van der Waals surface area (Å²) in [5.74, 6) is 0.0624. The number of hydrogen-bond donors (Lipinski definition) is 0. The van der Waals surface area contributed by atoms with Gasteiger partial charge in [-0.1, -0.05) is 17.7 Å². The monoisotopic (exact) mass is 397 g/mol. The number of rotatable bonds is 3. The highest BCUT2D eigenvalue weighted by molar-refractivity contribution is 7.95. The van der Waals surface area contributed by atoms with Crippen LogP contribution in [0, 0.1) is 0 Å². The molecule has 0 radical (unpaired) electrons. The van der Waals surface area contributed by atoms with Gasteiger partial charge in [0.25, 0.3) is 0 Å². The molecular weight excluding hydrogens is 378 g/mol. The highest BCUT2D eigenvalue weighted by Gasteiger charge is 2.38. The lowest BCUT2D eigenvalue weighted by atomic mass is 10.1. The molecule has 1 aromatic carbocycles. The quantitative estimate of drug-likeness (QED) is 0.717. The van der Waals surface area contributed by atoms with Gasteiger partial charge in [0.15, 0.2) is 9.84 Å². The van der Waals surface area contributed by atoms with Crippen LogP contribution in [-0.2, 0) is 19.3 Å². The topological polar surface area (TPSA) is 72.9 Å². The van der Waals surface area contributed by atoms with Gasteiger partial charge in [0.1, 0.15) is 5.03 Å². The molecule has 140 valence electrons. The summed E-state index contributed by atoms with van der Waals surface area (Å²) < 4.78 is 35.9. The van der Waals surface area contributed by atoms with Gasteiger partial charge < -0.3 is 9.47 Å². The molecule has 2 aliphatic heterocycles. The molecule has 0 aromatic heterocycles. The molecule has 1 aromatic rings. The molecule has 0 spiro atoms. The van der Waals surface area contributed by atoms with Gasteiger partial charge in [-0.25, -0.2) is 13.2 Å². The van der Waals surface area contributed by atoms with E-state index in [2.05, 4.69) is 0 Å². The number of allylic oxidation sites excluding steroid dienone is 2. The third kappa shape index (κ3) is 3.88. The zero-order chi connectivity index (χ0) is 18.9. The standard InChI is InChI=1S/C18H20ClNO5S/c1-12(2)24-18(21)25-16-10-5-13-4-3-11-26(22,23)17(13)20(16)15-8-6-14(19)7-9-15/h5-10,12,16H,3-4,11H2,1-2H3. The van der Waals surface area contributed by atoms with Crippen LogP contribution in [0.1, 0.15) is 26.7 Å². The van der Waals surface area contributed by atoms with Gasteiger partial charge >= 0.3 is 6.16 Å². The number of halogens is 1. The molecule has 0 saturated carbocycles. The minimum absolute atomic E-state index is 0.0624. The number of carbonyl (C=O) groups excluding carboxylic acids is 1. The Morgan fingerprint density at radius 3 is 2.62 bits per heavy atom. The van der Waals surface area contributed by atoms with Crippen LogP contribution in [0.5, 0.6) is 0 Å². The molecule has 3 rings (SSSR count). The van der Waals surface area contributed by atoms with Gasteiger partial charge in [-0.2, -0.15) is 0 Å². The number of benzene rings is 1. The van der Waals surface area contributed by atoms with Gasteiger partial charge in [-0.15, -0.1) is 0 Å². The van der Waals surface area contributed by atoms with Crippen molar-refractivity contribution in [2.45, 2.75) is 39.0 Å². The van der Waals surface area contributed by atoms with Gasteiger partial charge in [-0.3, -0.25) is 4.90 Å². The first-order valence-electron chi connectivity index (χ1n) is 8.34. The summed E-state index contributed by atoms with van der Waals surface area (Å²) >= 11 is 5.95. The zero-order valence-electron chi connectivity index (χ0n) is 14.5. The van der Waals surface area contributed by atoms with Crippen molar-refractivity contribution in [2.75, 3.05) is 10.7 Å². The predicted octanol–water partition coefficient (Wildman–Crippen LogP) is 4.02. The van der Waals surface area contributed by atoms with Crippen LogP contribution in [0.15, 0.2) is 47.0 Å². The van der Waals surface area contributed by atoms with E-state index in [1.165, 1.54) is 4.90 Å². The molecule has 2 aliphatic rings. The van der Waals surface area contributed by atoms with Crippen molar-refractivity contribution >= 4 is 33.3 Å². The Labute approximate surface area is 157 Å². The Bertz CT molecular complexity index is 858. The number of anilines is 1. The Hall–Kier alpha value is -1.99. The summed E-state index contributed by atoms with van der Waals surface area (Å²) in [7, 11) is -3.49. The Balaban J connectivity index is 2.02. The Morgan fingerprint density at radius 2 is 1.96 bits per heavy atom. The van der Waals surface area contributed by atoms with E-state index in [-0.39, 0.29) is 16.9 Å². The summed E-state index contributed by atoms with van der Waals surface area (Å²) in [5, 5.41) is 0.703. The minimum Gasteiger partial charge on any atom is -0.432 e. The molecule has 2 heterocycles. The predicted molar refractivity (Wildman–Crippen MR) is 99.6 cm³/mol. The van der Waals surface area contributed by atoms with Crippen molar-refractivity contribution in [1.29, 1.82) is 0 Å². The van der Waals surface area contributed by atoms with Gasteiger partial charge in [-0.05, 0) is 62.6 Å². The van der Waals surface area contributed by atoms with E-state index in [0.717, 1.165) is 0 Å². The average Bonchev–Trinajstić information content (AvgIpc) is 2.55. The SMILES string of the molecule is CC(C)OC(=O)OC1C=CC2=C(N1c1ccc(Cl)cc1)S(=O)(=O)CCC2. The van der Waals surface area contributed by atoms with Gasteiger partial charge in [0.2, 0.25) is 6.23 Å². The second-order valence-electron chi connectivity index (χ2n) is 6.38. The smallest absolute Gasteiger partial charge is 0.432 e. The molecule has 0 saturated heterocycles. The van der Waals surface area contributed by atoms with E-state index >= 15 is 0 Å². The first-order valence-corrected chi connectivity index (χ1v) is 10.4. The van der Waals surface area contributed by atoms with Crippen LogP contribution in [0.4, 0.5) is 10.5 Å². The molecular formula is C18H20ClNO5S. The average molecular weight is 398 g/mol. The molecule has 8 heteroatoms. The van der Waals surface area contributed by atoms with Crippen LogP contribution in [0.2, 0.25) is 5.02 Å². The number of sulfone groups is 1. The van der Waals surface area contributed by atoms with E-state index in [4.69, 9.17) is 21.1 Å².